The second-order valence-corrected chi connectivity index (χ2v) is 5.13. The summed E-state index contributed by atoms with van der Waals surface area (Å²) >= 11 is 0. The SMILES string of the molecule is NCC(Cc1ccccc1)C(=O)N1CCCC1CO. The first-order valence-corrected chi connectivity index (χ1v) is 6.91. The van der Waals surface area contributed by atoms with Crippen molar-refractivity contribution in [3.63, 3.8) is 0 Å². The number of likely N-dealkylation sites (tertiary alicyclic amines) is 1. The van der Waals surface area contributed by atoms with Gasteiger partial charge in [-0.3, -0.25) is 4.79 Å². The summed E-state index contributed by atoms with van der Waals surface area (Å²) in [5.41, 5.74) is 6.90. The van der Waals surface area contributed by atoms with Crippen LogP contribution in [-0.4, -0.2) is 41.7 Å². The second kappa shape index (κ2) is 6.68. The summed E-state index contributed by atoms with van der Waals surface area (Å²) in [6, 6.07) is 9.93. The van der Waals surface area contributed by atoms with Crippen LogP contribution in [0.3, 0.4) is 0 Å². The number of benzene rings is 1. The zero-order chi connectivity index (χ0) is 13.7. The number of nitrogens with two attached hydrogens (primary N) is 1. The van der Waals surface area contributed by atoms with Crippen molar-refractivity contribution in [1.82, 2.24) is 4.90 Å². The average Bonchev–Trinajstić information content (AvgIpc) is 2.93. The van der Waals surface area contributed by atoms with E-state index in [0.29, 0.717) is 13.0 Å². The van der Waals surface area contributed by atoms with E-state index in [-0.39, 0.29) is 24.5 Å². The van der Waals surface area contributed by atoms with Gasteiger partial charge in [-0.1, -0.05) is 30.3 Å². The van der Waals surface area contributed by atoms with Crippen molar-refractivity contribution in [3.05, 3.63) is 35.9 Å². The van der Waals surface area contributed by atoms with E-state index in [1.54, 1.807) is 4.90 Å². The molecule has 104 valence electrons. The highest BCUT2D eigenvalue weighted by atomic mass is 16.3. The average molecular weight is 262 g/mol. The first kappa shape index (κ1) is 14.0. The van der Waals surface area contributed by atoms with Crippen molar-refractivity contribution in [2.24, 2.45) is 11.7 Å². The highest BCUT2D eigenvalue weighted by Gasteiger charge is 2.31. The van der Waals surface area contributed by atoms with E-state index in [0.717, 1.165) is 24.9 Å². The lowest BCUT2D eigenvalue weighted by Crippen LogP contribution is -2.44. The van der Waals surface area contributed by atoms with Crippen LogP contribution in [0.25, 0.3) is 0 Å². The van der Waals surface area contributed by atoms with E-state index in [9.17, 15) is 9.90 Å². The largest absolute Gasteiger partial charge is 0.394 e. The first-order chi connectivity index (χ1) is 9.26. The van der Waals surface area contributed by atoms with Crippen molar-refractivity contribution in [1.29, 1.82) is 0 Å². The van der Waals surface area contributed by atoms with Crippen molar-refractivity contribution in [2.45, 2.75) is 25.3 Å². The number of carbonyl (C=O) groups excluding carboxylic acids is 1. The molecule has 1 aliphatic heterocycles. The van der Waals surface area contributed by atoms with Crippen LogP contribution in [-0.2, 0) is 11.2 Å². The Kier molecular flexibility index (Phi) is 4.93. The monoisotopic (exact) mass is 262 g/mol. The van der Waals surface area contributed by atoms with E-state index in [4.69, 9.17) is 5.73 Å². The van der Waals surface area contributed by atoms with Gasteiger partial charge in [-0.15, -0.1) is 0 Å². The van der Waals surface area contributed by atoms with Crippen molar-refractivity contribution in [3.8, 4) is 0 Å². The second-order valence-electron chi connectivity index (χ2n) is 5.13. The molecule has 1 aromatic rings. The fourth-order valence-electron chi connectivity index (χ4n) is 2.72. The van der Waals surface area contributed by atoms with Crippen molar-refractivity contribution in [2.75, 3.05) is 19.7 Å². The van der Waals surface area contributed by atoms with Gasteiger partial charge in [0.15, 0.2) is 0 Å². The van der Waals surface area contributed by atoms with Gasteiger partial charge in [-0.05, 0) is 24.8 Å². The maximum absolute atomic E-state index is 12.5. The zero-order valence-electron chi connectivity index (χ0n) is 11.2. The van der Waals surface area contributed by atoms with Crippen molar-refractivity contribution >= 4 is 5.91 Å². The maximum atomic E-state index is 12.5. The molecule has 4 nitrogen and oxygen atoms in total. The minimum atomic E-state index is -0.186. The lowest BCUT2D eigenvalue weighted by Gasteiger charge is -2.27. The number of hydrogen-bond donors (Lipinski definition) is 2. The van der Waals surface area contributed by atoms with Gasteiger partial charge < -0.3 is 15.7 Å². The number of nitrogens with zero attached hydrogens (tertiary/aromatic N) is 1. The van der Waals surface area contributed by atoms with Crippen LogP contribution in [0.4, 0.5) is 0 Å². The fraction of sp³-hybridized carbons (Fsp3) is 0.533. The van der Waals surface area contributed by atoms with Gasteiger partial charge in [0.25, 0.3) is 0 Å². The van der Waals surface area contributed by atoms with E-state index < -0.39 is 0 Å². The minimum absolute atomic E-state index is 0.0164. The summed E-state index contributed by atoms with van der Waals surface area (Å²) < 4.78 is 0. The molecule has 0 saturated carbocycles. The number of hydrogen-bond acceptors (Lipinski definition) is 3. The maximum Gasteiger partial charge on any atom is 0.227 e. The molecule has 4 heteroatoms. The Bertz CT molecular complexity index is 408. The van der Waals surface area contributed by atoms with Gasteiger partial charge in [0.05, 0.1) is 18.6 Å². The Morgan fingerprint density at radius 2 is 2.16 bits per heavy atom. The third kappa shape index (κ3) is 3.33. The van der Waals surface area contributed by atoms with Crippen LogP contribution in [0.5, 0.6) is 0 Å². The number of amides is 1. The fourth-order valence-corrected chi connectivity index (χ4v) is 2.72. The molecule has 1 aromatic carbocycles. The molecule has 0 aliphatic carbocycles. The Hall–Kier alpha value is -1.39. The lowest BCUT2D eigenvalue weighted by molar-refractivity contribution is -0.136. The van der Waals surface area contributed by atoms with Crippen LogP contribution in [0, 0.1) is 5.92 Å². The molecule has 1 fully saturated rings. The summed E-state index contributed by atoms with van der Waals surface area (Å²) in [6.45, 7) is 1.14. The number of aliphatic hydroxyl groups is 1. The summed E-state index contributed by atoms with van der Waals surface area (Å²) in [4.78, 5) is 14.3. The van der Waals surface area contributed by atoms with E-state index >= 15 is 0 Å². The topological polar surface area (TPSA) is 66.6 Å². The van der Waals surface area contributed by atoms with Crippen LogP contribution in [0.15, 0.2) is 30.3 Å². The molecule has 1 aliphatic rings. The quantitative estimate of drug-likeness (QED) is 0.824. The first-order valence-electron chi connectivity index (χ1n) is 6.91. The van der Waals surface area contributed by atoms with Gasteiger partial charge in [0, 0.05) is 13.1 Å². The molecular weight excluding hydrogens is 240 g/mol. The standard InChI is InChI=1S/C15H22N2O2/c16-10-13(9-12-5-2-1-3-6-12)15(19)17-8-4-7-14(17)11-18/h1-3,5-6,13-14,18H,4,7-11,16H2. The summed E-state index contributed by atoms with van der Waals surface area (Å²) in [6.07, 6.45) is 2.54. The van der Waals surface area contributed by atoms with Crippen molar-refractivity contribution < 1.29 is 9.90 Å². The predicted octanol–water partition coefficient (Wildman–Crippen LogP) is 0.787. The number of aliphatic hydroxyl groups excluding tert-OH is 1. The molecule has 2 unspecified atom stereocenters. The third-order valence-corrected chi connectivity index (χ3v) is 3.83. The molecule has 1 saturated heterocycles. The highest BCUT2D eigenvalue weighted by Crippen LogP contribution is 2.20. The van der Waals surface area contributed by atoms with Gasteiger partial charge in [-0.25, -0.2) is 0 Å². The summed E-state index contributed by atoms with van der Waals surface area (Å²) in [5.74, 6) is -0.0996. The zero-order valence-corrected chi connectivity index (χ0v) is 11.2. The Balaban J connectivity index is 2.03. The Morgan fingerprint density at radius 3 is 2.79 bits per heavy atom. The molecule has 0 bridgehead atoms. The van der Waals surface area contributed by atoms with Gasteiger partial charge in [-0.2, -0.15) is 0 Å². The minimum Gasteiger partial charge on any atom is -0.394 e. The van der Waals surface area contributed by atoms with E-state index in [1.165, 1.54) is 0 Å². The molecule has 0 aromatic heterocycles. The summed E-state index contributed by atoms with van der Waals surface area (Å²) in [5, 5.41) is 9.30. The molecular formula is C15H22N2O2. The van der Waals surface area contributed by atoms with Crippen LogP contribution < -0.4 is 5.73 Å². The van der Waals surface area contributed by atoms with Gasteiger partial charge in [0.1, 0.15) is 0 Å². The smallest absolute Gasteiger partial charge is 0.227 e. The van der Waals surface area contributed by atoms with E-state index in [2.05, 4.69) is 0 Å². The molecule has 1 heterocycles. The number of rotatable bonds is 5. The molecule has 2 atom stereocenters. The van der Waals surface area contributed by atoms with Gasteiger partial charge >= 0.3 is 0 Å². The highest BCUT2D eigenvalue weighted by molar-refractivity contribution is 5.80. The molecule has 3 N–H and O–H groups in total. The van der Waals surface area contributed by atoms with Crippen LogP contribution >= 0.6 is 0 Å². The molecule has 0 radical (unpaired) electrons. The van der Waals surface area contributed by atoms with Crippen LogP contribution in [0.2, 0.25) is 0 Å². The lowest BCUT2D eigenvalue weighted by atomic mass is 9.97. The third-order valence-electron chi connectivity index (χ3n) is 3.83. The Morgan fingerprint density at radius 1 is 1.42 bits per heavy atom. The normalized spacial score (nSPS) is 20.5. The molecule has 2 rings (SSSR count). The Labute approximate surface area is 114 Å². The summed E-state index contributed by atoms with van der Waals surface area (Å²) in [7, 11) is 0. The number of carbonyl (C=O) groups is 1. The molecule has 19 heavy (non-hydrogen) atoms. The molecule has 1 amide bonds. The molecule has 0 spiro atoms. The predicted molar refractivity (Wildman–Crippen MR) is 74.5 cm³/mol. The van der Waals surface area contributed by atoms with Crippen LogP contribution in [0.1, 0.15) is 18.4 Å². The van der Waals surface area contributed by atoms with Gasteiger partial charge in [0.2, 0.25) is 5.91 Å². The van der Waals surface area contributed by atoms with E-state index in [1.807, 2.05) is 30.3 Å².